The molecule has 3 aromatic rings. The highest BCUT2D eigenvalue weighted by molar-refractivity contribution is 5.74. The predicted octanol–water partition coefficient (Wildman–Crippen LogP) is 2.98. The van der Waals surface area contributed by atoms with Gasteiger partial charge in [0, 0.05) is 38.9 Å². The normalized spacial score (nSPS) is 15.6. The Morgan fingerprint density at radius 2 is 1.92 bits per heavy atom. The molecule has 1 fully saturated rings. The molecule has 2 aromatic heterocycles. The molecule has 1 aliphatic heterocycles. The fraction of sp³-hybridized carbons (Fsp3) is 0.368. The minimum Gasteiger partial charge on any atom is -0.424 e. The van der Waals surface area contributed by atoms with Crippen LogP contribution in [-0.2, 0) is 6.54 Å². The van der Waals surface area contributed by atoms with Crippen LogP contribution in [0.1, 0.15) is 12.5 Å². The zero-order valence-electron chi connectivity index (χ0n) is 14.5. The van der Waals surface area contributed by atoms with E-state index < -0.39 is 0 Å². The maximum Gasteiger partial charge on any atom is 0.295 e. The number of rotatable bonds is 5. The van der Waals surface area contributed by atoms with Crippen molar-refractivity contribution in [3.05, 3.63) is 48.2 Å². The molecule has 6 heteroatoms. The van der Waals surface area contributed by atoms with Crippen LogP contribution in [-0.4, -0.2) is 47.6 Å². The molecule has 0 amide bonds. The van der Waals surface area contributed by atoms with Gasteiger partial charge in [-0.2, -0.15) is 4.98 Å². The van der Waals surface area contributed by atoms with Crippen LogP contribution in [0.15, 0.2) is 47.0 Å². The Morgan fingerprint density at radius 3 is 2.64 bits per heavy atom. The van der Waals surface area contributed by atoms with Crippen LogP contribution in [0.4, 0.5) is 11.8 Å². The van der Waals surface area contributed by atoms with Crippen molar-refractivity contribution >= 4 is 22.9 Å². The molecular formula is C19H23N5O. The Bertz CT molecular complexity index is 788. The number of pyridine rings is 1. The number of hydrogen-bond acceptors (Lipinski definition) is 6. The first-order chi connectivity index (χ1) is 12.3. The van der Waals surface area contributed by atoms with E-state index in [1.165, 1.54) is 0 Å². The van der Waals surface area contributed by atoms with Crippen LogP contribution in [0.3, 0.4) is 0 Å². The van der Waals surface area contributed by atoms with Gasteiger partial charge in [-0.25, -0.2) is 4.98 Å². The van der Waals surface area contributed by atoms with Crippen molar-refractivity contribution in [1.82, 2.24) is 14.9 Å². The average molecular weight is 337 g/mol. The van der Waals surface area contributed by atoms with Crippen molar-refractivity contribution in [1.29, 1.82) is 0 Å². The van der Waals surface area contributed by atoms with Gasteiger partial charge in [0.25, 0.3) is 6.01 Å². The zero-order chi connectivity index (χ0) is 17.1. The third-order valence-corrected chi connectivity index (χ3v) is 4.69. The highest BCUT2D eigenvalue weighted by Crippen LogP contribution is 2.19. The fourth-order valence-corrected chi connectivity index (χ4v) is 3.13. The molecule has 6 nitrogen and oxygen atoms in total. The molecule has 0 spiro atoms. The third-order valence-electron chi connectivity index (χ3n) is 4.69. The lowest BCUT2D eigenvalue weighted by molar-refractivity contribution is 0.270. The van der Waals surface area contributed by atoms with E-state index in [9.17, 15) is 0 Å². The van der Waals surface area contributed by atoms with Gasteiger partial charge in [0.15, 0.2) is 5.58 Å². The first-order valence-corrected chi connectivity index (χ1v) is 8.83. The number of nitrogens with zero attached hydrogens (tertiary/aromatic N) is 4. The summed E-state index contributed by atoms with van der Waals surface area (Å²) in [7, 11) is 0. The number of piperazine rings is 1. The maximum atomic E-state index is 5.67. The molecule has 0 atom stereocenters. The second-order valence-corrected chi connectivity index (χ2v) is 6.29. The topological polar surface area (TPSA) is 57.4 Å². The summed E-state index contributed by atoms with van der Waals surface area (Å²) in [5.41, 5.74) is 2.77. The molecule has 0 radical (unpaired) electrons. The molecule has 0 aliphatic carbocycles. The third kappa shape index (κ3) is 3.58. The molecule has 25 heavy (non-hydrogen) atoms. The Kier molecular flexibility index (Phi) is 4.52. The van der Waals surface area contributed by atoms with E-state index in [4.69, 9.17) is 4.42 Å². The number of likely N-dealkylation sites (N-methyl/N-ethyl adjacent to an activating group) is 1. The first-order valence-electron chi connectivity index (χ1n) is 8.83. The summed E-state index contributed by atoms with van der Waals surface area (Å²) in [4.78, 5) is 13.9. The molecular weight excluding hydrogens is 314 g/mol. The lowest BCUT2D eigenvalue weighted by Gasteiger charge is -2.34. The number of fused-ring (bicyclic) bond motifs is 1. The maximum absolute atomic E-state index is 5.67. The van der Waals surface area contributed by atoms with Crippen molar-refractivity contribution in [2.24, 2.45) is 0 Å². The van der Waals surface area contributed by atoms with Crippen molar-refractivity contribution in [2.75, 3.05) is 42.9 Å². The van der Waals surface area contributed by atoms with Crippen LogP contribution >= 0.6 is 0 Å². The Labute approximate surface area is 147 Å². The standard InChI is InChI=1S/C19H23N5O/c1-2-23-9-11-24(12-10-23)18-8-7-15(13-20-18)14-21-19-22-16-5-3-4-6-17(16)25-19/h3-8,13H,2,9-12,14H2,1H3,(H,21,22). The van der Waals surface area contributed by atoms with Gasteiger partial charge in [-0.05, 0) is 30.3 Å². The summed E-state index contributed by atoms with van der Waals surface area (Å²) in [5.74, 6) is 1.06. The SMILES string of the molecule is CCN1CCN(c2ccc(CNc3nc4ccccc4o3)cn2)CC1. The number of oxazole rings is 1. The Morgan fingerprint density at radius 1 is 1.08 bits per heavy atom. The summed E-state index contributed by atoms with van der Waals surface area (Å²) in [6.45, 7) is 8.29. The molecule has 1 aliphatic rings. The summed E-state index contributed by atoms with van der Waals surface area (Å²) >= 11 is 0. The van der Waals surface area contributed by atoms with Gasteiger partial charge in [-0.3, -0.25) is 0 Å². The van der Waals surface area contributed by atoms with Crippen LogP contribution in [0, 0.1) is 0 Å². The van der Waals surface area contributed by atoms with Gasteiger partial charge in [0.05, 0.1) is 0 Å². The van der Waals surface area contributed by atoms with Crippen LogP contribution < -0.4 is 10.2 Å². The Balaban J connectivity index is 1.36. The number of para-hydroxylation sites is 2. The van der Waals surface area contributed by atoms with Gasteiger partial charge < -0.3 is 19.5 Å². The van der Waals surface area contributed by atoms with Gasteiger partial charge in [-0.15, -0.1) is 0 Å². The summed E-state index contributed by atoms with van der Waals surface area (Å²) in [5, 5.41) is 3.22. The largest absolute Gasteiger partial charge is 0.424 e. The molecule has 1 saturated heterocycles. The van der Waals surface area contributed by atoms with E-state index >= 15 is 0 Å². The number of anilines is 2. The second-order valence-electron chi connectivity index (χ2n) is 6.29. The zero-order valence-corrected chi connectivity index (χ0v) is 14.5. The van der Waals surface area contributed by atoms with Crippen molar-refractivity contribution < 1.29 is 4.42 Å². The molecule has 4 rings (SSSR count). The van der Waals surface area contributed by atoms with Crippen LogP contribution in [0.2, 0.25) is 0 Å². The quantitative estimate of drug-likeness (QED) is 0.772. The van der Waals surface area contributed by atoms with E-state index in [1.807, 2.05) is 30.5 Å². The van der Waals surface area contributed by atoms with Crippen molar-refractivity contribution in [2.45, 2.75) is 13.5 Å². The van der Waals surface area contributed by atoms with Crippen LogP contribution in [0.5, 0.6) is 0 Å². The molecule has 3 heterocycles. The molecule has 1 N–H and O–H groups in total. The van der Waals surface area contributed by atoms with E-state index in [2.05, 4.69) is 44.1 Å². The second kappa shape index (κ2) is 7.11. The van der Waals surface area contributed by atoms with Gasteiger partial charge in [-0.1, -0.05) is 25.1 Å². The number of nitrogens with one attached hydrogen (secondary N) is 1. The lowest BCUT2D eigenvalue weighted by Crippen LogP contribution is -2.46. The number of benzene rings is 1. The monoisotopic (exact) mass is 337 g/mol. The minimum atomic E-state index is 0.543. The summed E-state index contributed by atoms with van der Waals surface area (Å²) < 4.78 is 5.67. The first kappa shape index (κ1) is 15.9. The molecule has 0 bridgehead atoms. The summed E-state index contributed by atoms with van der Waals surface area (Å²) in [6.07, 6.45) is 1.93. The van der Waals surface area contributed by atoms with E-state index in [0.717, 1.165) is 55.2 Å². The highest BCUT2D eigenvalue weighted by Gasteiger charge is 2.16. The molecule has 0 unspecified atom stereocenters. The number of hydrogen-bond donors (Lipinski definition) is 1. The molecule has 0 saturated carbocycles. The highest BCUT2D eigenvalue weighted by atomic mass is 16.4. The molecule has 1 aromatic carbocycles. The van der Waals surface area contributed by atoms with Gasteiger partial charge in [0.1, 0.15) is 11.3 Å². The lowest BCUT2D eigenvalue weighted by atomic mass is 10.2. The van der Waals surface area contributed by atoms with E-state index in [-0.39, 0.29) is 0 Å². The Hall–Kier alpha value is -2.60. The van der Waals surface area contributed by atoms with Crippen molar-refractivity contribution in [3.63, 3.8) is 0 Å². The van der Waals surface area contributed by atoms with Crippen LogP contribution in [0.25, 0.3) is 11.1 Å². The van der Waals surface area contributed by atoms with E-state index in [0.29, 0.717) is 12.6 Å². The van der Waals surface area contributed by atoms with Gasteiger partial charge in [0.2, 0.25) is 0 Å². The minimum absolute atomic E-state index is 0.543. The predicted molar refractivity (Wildman–Crippen MR) is 99.9 cm³/mol. The summed E-state index contributed by atoms with van der Waals surface area (Å²) in [6, 6.07) is 12.5. The fourth-order valence-electron chi connectivity index (χ4n) is 3.13. The average Bonchev–Trinajstić information content (AvgIpc) is 3.10. The van der Waals surface area contributed by atoms with E-state index in [1.54, 1.807) is 0 Å². The number of aromatic nitrogens is 2. The van der Waals surface area contributed by atoms with Crippen molar-refractivity contribution in [3.8, 4) is 0 Å². The molecule has 130 valence electrons. The smallest absolute Gasteiger partial charge is 0.295 e. The van der Waals surface area contributed by atoms with Gasteiger partial charge >= 0.3 is 0 Å².